The van der Waals surface area contributed by atoms with Crippen molar-refractivity contribution in [3.63, 3.8) is 0 Å². The van der Waals surface area contributed by atoms with Crippen LogP contribution in [0.15, 0.2) is 22.5 Å². The van der Waals surface area contributed by atoms with E-state index in [1.54, 1.807) is 4.31 Å². The van der Waals surface area contributed by atoms with Crippen molar-refractivity contribution in [2.75, 3.05) is 13.2 Å². The van der Waals surface area contributed by atoms with Crippen LogP contribution >= 0.6 is 11.3 Å². The standard InChI is InChI=1S/C17H22N2O3S2/c1-3-22-13-5-6-14-15(9-13)23-16(18-14)24(20,21)19-11-17(7-4-8-17)10-12(19)2/h5-6,9,12H,3-4,7-8,10-11H2,1-2H3. The molecule has 2 heterocycles. The van der Waals surface area contributed by atoms with Crippen molar-refractivity contribution in [3.8, 4) is 5.75 Å². The molecule has 0 radical (unpaired) electrons. The van der Waals surface area contributed by atoms with Crippen LogP contribution in [0.3, 0.4) is 0 Å². The molecule has 0 N–H and O–H groups in total. The number of rotatable bonds is 4. The Kier molecular flexibility index (Phi) is 3.85. The van der Waals surface area contributed by atoms with Crippen LogP contribution in [0.25, 0.3) is 10.2 Å². The van der Waals surface area contributed by atoms with E-state index >= 15 is 0 Å². The molecule has 0 bridgehead atoms. The minimum absolute atomic E-state index is 0.0568. The third-order valence-corrected chi connectivity index (χ3v) is 8.64. The molecule has 1 spiro atoms. The number of fused-ring (bicyclic) bond motifs is 1. The van der Waals surface area contributed by atoms with E-state index in [0.29, 0.717) is 18.7 Å². The van der Waals surface area contributed by atoms with Gasteiger partial charge in [0.1, 0.15) is 5.75 Å². The van der Waals surface area contributed by atoms with Crippen LogP contribution in [-0.2, 0) is 10.0 Å². The molecule has 5 nitrogen and oxygen atoms in total. The summed E-state index contributed by atoms with van der Waals surface area (Å²) in [4.78, 5) is 4.39. The van der Waals surface area contributed by atoms with Gasteiger partial charge in [0.05, 0.1) is 16.8 Å². The van der Waals surface area contributed by atoms with Gasteiger partial charge in [0.25, 0.3) is 10.0 Å². The lowest BCUT2D eigenvalue weighted by Gasteiger charge is -2.37. The third kappa shape index (κ3) is 2.53. The molecule has 1 aromatic heterocycles. The first-order valence-electron chi connectivity index (χ1n) is 8.49. The van der Waals surface area contributed by atoms with Crippen LogP contribution in [0, 0.1) is 5.41 Å². The highest BCUT2D eigenvalue weighted by Gasteiger charge is 2.50. The predicted octanol–water partition coefficient (Wildman–Crippen LogP) is 3.65. The summed E-state index contributed by atoms with van der Waals surface area (Å²) >= 11 is 1.24. The van der Waals surface area contributed by atoms with Crippen molar-refractivity contribution < 1.29 is 13.2 Å². The van der Waals surface area contributed by atoms with Gasteiger partial charge in [-0.1, -0.05) is 6.42 Å². The Bertz CT molecular complexity index is 871. The SMILES string of the molecule is CCOc1ccc2nc(S(=O)(=O)N3CC4(CCC4)CC3C)sc2c1. The van der Waals surface area contributed by atoms with E-state index < -0.39 is 10.0 Å². The molecule has 7 heteroatoms. The van der Waals surface area contributed by atoms with Gasteiger partial charge >= 0.3 is 0 Å². The molecule has 1 saturated carbocycles. The number of sulfonamides is 1. The quantitative estimate of drug-likeness (QED) is 0.829. The van der Waals surface area contributed by atoms with Crippen LogP contribution < -0.4 is 4.74 Å². The van der Waals surface area contributed by atoms with Crippen molar-refractivity contribution in [2.45, 2.75) is 49.9 Å². The Labute approximate surface area is 146 Å². The van der Waals surface area contributed by atoms with E-state index in [0.717, 1.165) is 29.7 Å². The molecule has 2 fully saturated rings. The highest BCUT2D eigenvalue weighted by molar-refractivity contribution is 7.91. The summed E-state index contributed by atoms with van der Waals surface area (Å²) < 4.78 is 34.4. The Hall–Kier alpha value is -1.18. The molecular formula is C17H22N2O3S2. The lowest BCUT2D eigenvalue weighted by atomic mass is 9.68. The van der Waals surface area contributed by atoms with Crippen LogP contribution in [0.2, 0.25) is 0 Å². The Morgan fingerprint density at radius 1 is 1.42 bits per heavy atom. The largest absolute Gasteiger partial charge is 0.494 e. The highest BCUT2D eigenvalue weighted by atomic mass is 32.2. The summed E-state index contributed by atoms with van der Waals surface area (Å²) in [6.45, 7) is 5.18. The summed E-state index contributed by atoms with van der Waals surface area (Å²) in [5.74, 6) is 0.751. The second kappa shape index (κ2) is 5.68. The lowest BCUT2D eigenvalue weighted by molar-refractivity contribution is 0.152. The molecular weight excluding hydrogens is 344 g/mol. The van der Waals surface area contributed by atoms with Crippen LogP contribution in [0.4, 0.5) is 0 Å². The lowest BCUT2D eigenvalue weighted by Crippen LogP contribution is -2.37. The molecule has 1 aromatic carbocycles. The first-order chi connectivity index (χ1) is 11.4. The topological polar surface area (TPSA) is 59.5 Å². The molecule has 1 atom stereocenters. The molecule has 24 heavy (non-hydrogen) atoms. The molecule has 1 aliphatic heterocycles. The summed E-state index contributed by atoms with van der Waals surface area (Å²) in [6.07, 6.45) is 4.51. The van der Waals surface area contributed by atoms with Crippen molar-refractivity contribution in [1.82, 2.24) is 9.29 Å². The van der Waals surface area contributed by atoms with Gasteiger partial charge in [-0.3, -0.25) is 0 Å². The van der Waals surface area contributed by atoms with Gasteiger partial charge < -0.3 is 4.74 Å². The van der Waals surface area contributed by atoms with Gasteiger partial charge in [-0.2, -0.15) is 4.31 Å². The fourth-order valence-corrected chi connectivity index (χ4v) is 7.10. The monoisotopic (exact) mass is 366 g/mol. The number of aromatic nitrogens is 1. The van der Waals surface area contributed by atoms with Crippen LogP contribution in [0.5, 0.6) is 5.75 Å². The molecule has 2 aliphatic rings. The van der Waals surface area contributed by atoms with E-state index in [2.05, 4.69) is 4.98 Å². The fourth-order valence-electron chi connectivity index (χ4n) is 3.99. The number of nitrogens with zero attached hydrogens (tertiary/aromatic N) is 2. The van der Waals surface area contributed by atoms with Gasteiger partial charge in [0.2, 0.25) is 4.34 Å². The number of ether oxygens (including phenoxy) is 1. The number of benzene rings is 1. The number of thiazole rings is 1. The van der Waals surface area contributed by atoms with E-state index in [9.17, 15) is 8.42 Å². The molecule has 1 unspecified atom stereocenters. The molecule has 1 aliphatic carbocycles. The van der Waals surface area contributed by atoms with Crippen molar-refractivity contribution in [1.29, 1.82) is 0 Å². The first kappa shape index (κ1) is 16.3. The van der Waals surface area contributed by atoms with Crippen molar-refractivity contribution in [2.24, 2.45) is 5.41 Å². The van der Waals surface area contributed by atoms with Gasteiger partial charge in [-0.25, -0.2) is 13.4 Å². The van der Waals surface area contributed by atoms with Gasteiger partial charge in [0.15, 0.2) is 0 Å². The van der Waals surface area contributed by atoms with Gasteiger partial charge in [0, 0.05) is 12.6 Å². The number of hydrogen-bond acceptors (Lipinski definition) is 5. The zero-order valence-corrected chi connectivity index (χ0v) is 15.6. The van der Waals surface area contributed by atoms with Crippen molar-refractivity contribution in [3.05, 3.63) is 18.2 Å². The summed E-state index contributed by atoms with van der Waals surface area (Å²) in [6, 6.07) is 5.60. The maximum Gasteiger partial charge on any atom is 0.270 e. The molecule has 0 amide bonds. The van der Waals surface area contributed by atoms with Gasteiger partial charge in [-0.15, -0.1) is 11.3 Å². The van der Waals surface area contributed by atoms with E-state index in [4.69, 9.17) is 4.74 Å². The predicted molar refractivity (Wildman–Crippen MR) is 95.0 cm³/mol. The normalized spacial score (nSPS) is 23.7. The van der Waals surface area contributed by atoms with Gasteiger partial charge in [-0.05, 0) is 56.7 Å². The number of hydrogen-bond donors (Lipinski definition) is 0. The molecule has 4 rings (SSSR count). The minimum atomic E-state index is -3.52. The maximum atomic E-state index is 13.1. The molecule has 130 valence electrons. The second-order valence-corrected chi connectivity index (χ2v) is 10.1. The van der Waals surface area contributed by atoms with E-state index in [-0.39, 0.29) is 15.8 Å². The Balaban J connectivity index is 1.67. The minimum Gasteiger partial charge on any atom is -0.494 e. The smallest absolute Gasteiger partial charge is 0.270 e. The van der Waals surface area contributed by atoms with Crippen LogP contribution in [-0.4, -0.2) is 36.9 Å². The summed E-state index contributed by atoms with van der Waals surface area (Å²) in [5.41, 5.74) is 0.943. The summed E-state index contributed by atoms with van der Waals surface area (Å²) in [7, 11) is -3.52. The second-order valence-electron chi connectivity index (χ2n) is 7.00. The molecule has 2 aromatic rings. The third-order valence-electron chi connectivity index (χ3n) is 5.31. The Morgan fingerprint density at radius 3 is 2.83 bits per heavy atom. The van der Waals surface area contributed by atoms with E-state index in [1.165, 1.54) is 17.8 Å². The fraction of sp³-hybridized carbons (Fsp3) is 0.588. The highest BCUT2D eigenvalue weighted by Crippen LogP contribution is 2.51. The van der Waals surface area contributed by atoms with Crippen LogP contribution in [0.1, 0.15) is 39.5 Å². The van der Waals surface area contributed by atoms with Crippen molar-refractivity contribution >= 4 is 31.6 Å². The first-order valence-corrected chi connectivity index (χ1v) is 10.7. The molecule has 1 saturated heterocycles. The average Bonchev–Trinajstić information content (AvgIpc) is 3.08. The zero-order chi connectivity index (χ0) is 16.9. The maximum absolute atomic E-state index is 13.1. The Morgan fingerprint density at radius 2 is 2.21 bits per heavy atom. The average molecular weight is 367 g/mol. The zero-order valence-electron chi connectivity index (χ0n) is 14.0. The summed E-state index contributed by atoms with van der Waals surface area (Å²) in [5, 5.41) is 0. The van der Waals surface area contributed by atoms with E-state index in [1.807, 2.05) is 32.0 Å².